The molecule has 1 aromatic carbocycles. The van der Waals surface area contributed by atoms with Crippen LogP contribution in [0.4, 0.5) is 4.39 Å². The number of aryl methyl sites for hydroxylation is 1. The Kier molecular flexibility index (Phi) is 7.24. The maximum Gasteiger partial charge on any atom is 0.253 e. The van der Waals surface area contributed by atoms with Gasteiger partial charge in [0.1, 0.15) is 5.67 Å². The van der Waals surface area contributed by atoms with Gasteiger partial charge in [-0.15, -0.1) is 0 Å². The first-order valence-corrected chi connectivity index (χ1v) is 12.1. The largest absolute Gasteiger partial charge is 0.339 e. The van der Waals surface area contributed by atoms with E-state index in [0.29, 0.717) is 12.5 Å². The average molecular weight is 438 g/mol. The first-order valence-electron chi connectivity index (χ1n) is 12.1. The highest BCUT2D eigenvalue weighted by Crippen LogP contribution is 2.25. The third-order valence-electron chi connectivity index (χ3n) is 6.80. The maximum atomic E-state index is 13.8. The summed E-state index contributed by atoms with van der Waals surface area (Å²) in [6.07, 6.45) is 8.60. The third kappa shape index (κ3) is 6.16. The standard InChI is InChI=1S/C27H36FN3O/c1-27(2,28)20-30-17-13-21(14-18-30)5-11-25-12-10-24(19-29-25)22-6-8-23(9-7-22)26(32)31-15-3-4-16-31/h6-10,12,19,21H,3-5,11,13-18,20H2,1-2H3. The number of amides is 1. The van der Waals surface area contributed by atoms with Crippen molar-refractivity contribution in [3.05, 3.63) is 53.9 Å². The Hall–Kier alpha value is -2.27. The zero-order valence-electron chi connectivity index (χ0n) is 19.5. The Balaban J connectivity index is 1.26. The van der Waals surface area contributed by atoms with Gasteiger partial charge in [0.15, 0.2) is 0 Å². The van der Waals surface area contributed by atoms with Crippen LogP contribution in [0.15, 0.2) is 42.6 Å². The predicted octanol–water partition coefficient (Wildman–Crippen LogP) is 5.38. The van der Waals surface area contributed by atoms with Crippen molar-refractivity contribution < 1.29 is 9.18 Å². The van der Waals surface area contributed by atoms with E-state index in [9.17, 15) is 9.18 Å². The van der Waals surface area contributed by atoms with Crippen LogP contribution in [0.5, 0.6) is 0 Å². The van der Waals surface area contributed by atoms with Crippen LogP contribution in [0.1, 0.15) is 62.0 Å². The number of alkyl halides is 1. The molecule has 2 fully saturated rings. The van der Waals surface area contributed by atoms with Gasteiger partial charge in [-0.3, -0.25) is 9.78 Å². The average Bonchev–Trinajstić information content (AvgIpc) is 3.33. The van der Waals surface area contributed by atoms with E-state index in [-0.39, 0.29) is 5.91 Å². The molecule has 1 aromatic heterocycles. The SMILES string of the molecule is CC(C)(F)CN1CCC(CCc2ccc(-c3ccc(C(=O)N4CCCC4)cc3)cn2)CC1. The number of carbonyl (C=O) groups excluding carboxylic acids is 1. The maximum absolute atomic E-state index is 13.8. The van der Waals surface area contributed by atoms with Gasteiger partial charge in [0.25, 0.3) is 5.91 Å². The number of hydrogen-bond donors (Lipinski definition) is 0. The molecular weight excluding hydrogens is 401 g/mol. The molecule has 0 aliphatic carbocycles. The summed E-state index contributed by atoms with van der Waals surface area (Å²) in [6, 6.07) is 12.2. The second kappa shape index (κ2) is 10.1. The fourth-order valence-corrected chi connectivity index (χ4v) is 4.97. The van der Waals surface area contributed by atoms with Crippen LogP contribution in [0, 0.1) is 5.92 Å². The zero-order chi connectivity index (χ0) is 22.6. The minimum absolute atomic E-state index is 0.141. The van der Waals surface area contributed by atoms with E-state index >= 15 is 0 Å². The van der Waals surface area contributed by atoms with E-state index in [2.05, 4.69) is 22.0 Å². The van der Waals surface area contributed by atoms with Gasteiger partial charge >= 0.3 is 0 Å². The normalized spacial score (nSPS) is 18.3. The first kappa shape index (κ1) is 22.9. The third-order valence-corrected chi connectivity index (χ3v) is 6.80. The van der Waals surface area contributed by atoms with Crippen molar-refractivity contribution in [1.29, 1.82) is 0 Å². The molecule has 0 unspecified atom stereocenters. The van der Waals surface area contributed by atoms with E-state index in [4.69, 9.17) is 0 Å². The molecule has 3 heterocycles. The Labute approximate surface area is 191 Å². The van der Waals surface area contributed by atoms with Crippen molar-refractivity contribution in [1.82, 2.24) is 14.8 Å². The topological polar surface area (TPSA) is 36.4 Å². The molecule has 2 saturated heterocycles. The van der Waals surface area contributed by atoms with Crippen LogP contribution in [-0.2, 0) is 6.42 Å². The lowest BCUT2D eigenvalue weighted by atomic mass is 9.91. The molecule has 4 rings (SSSR count). The van der Waals surface area contributed by atoms with Gasteiger partial charge in [-0.1, -0.05) is 18.2 Å². The number of carbonyl (C=O) groups is 1. The summed E-state index contributed by atoms with van der Waals surface area (Å²) >= 11 is 0. The minimum atomic E-state index is -1.11. The molecule has 0 bridgehead atoms. The fraction of sp³-hybridized carbons (Fsp3) is 0.556. The number of nitrogens with zero attached hydrogens (tertiary/aromatic N) is 3. The summed E-state index contributed by atoms with van der Waals surface area (Å²) in [7, 11) is 0. The quantitative estimate of drug-likeness (QED) is 0.584. The predicted molar refractivity (Wildman–Crippen MR) is 127 cm³/mol. The molecule has 1 amide bonds. The molecule has 0 saturated carbocycles. The highest BCUT2D eigenvalue weighted by molar-refractivity contribution is 5.94. The summed E-state index contributed by atoms with van der Waals surface area (Å²) in [6.45, 7) is 7.62. The van der Waals surface area contributed by atoms with Crippen molar-refractivity contribution >= 4 is 5.91 Å². The van der Waals surface area contributed by atoms with Crippen molar-refractivity contribution in [2.75, 3.05) is 32.7 Å². The molecule has 0 radical (unpaired) electrons. The van der Waals surface area contributed by atoms with E-state index in [1.165, 1.54) is 0 Å². The molecule has 2 aliphatic rings. The summed E-state index contributed by atoms with van der Waals surface area (Å²) in [4.78, 5) is 21.4. The number of pyridine rings is 1. The van der Waals surface area contributed by atoms with Crippen LogP contribution in [0.3, 0.4) is 0 Å². The number of hydrogen-bond acceptors (Lipinski definition) is 3. The van der Waals surface area contributed by atoms with Gasteiger partial charge in [-0.2, -0.15) is 0 Å². The first-order chi connectivity index (χ1) is 15.4. The summed E-state index contributed by atoms with van der Waals surface area (Å²) < 4.78 is 13.8. The van der Waals surface area contributed by atoms with E-state index < -0.39 is 5.67 Å². The smallest absolute Gasteiger partial charge is 0.253 e. The molecule has 2 aliphatic heterocycles. The summed E-state index contributed by atoms with van der Waals surface area (Å²) in [5, 5.41) is 0. The van der Waals surface area contributed by atoms with Gasteiger partial charge in [-0.05, 0) is 95.1 Å². The molecule has 172 valence electrons. The molecular formula is C27H36FN3O. The van der Waals surface area contributed by atoms with Gasteiger partial charge < -0.3 is 9.80 Å². The van der Waals surface area contributed by atoms with E-state index in [0.717, 1.165) is 87.1 Å². The number of piperidine rings is 1. The minimum Gasteiger partial charge on any atom is -0.339 e. The van der Waals surface area contributed by atoms with Crippen molar-refractivity contribution in [2.24, 2.45) is 5.92 Å². The van der Waals surface area contributed by atoms with Crippen LogP contribution in [0.25, 0.3) is 11.1 Å². The Morgan fingerprint density at radius 2 is 1.66 bits per heavy atom. The van der Waals surface area contributed by atoms with E-state index in [1.807, 2.05) is 35.4 Å². The van der Waals surface area contributed by atoms with Crippen LogP contribution >= 0.6 is 0 Å². The van der Waals surface area contributed by atoms with Crippen molar-refractivity contribution in [2.45, 2.75) is 58.0 Å². The molecule has 5 heteroatoms. The lowest BCUT2D eigenvalue weighted by Crippen LogP contribution is -2.41. The number of rotatable bonds is 7. The number of likely N-dealkylation sites (tertiary alicyclic amines) is 2. The van der Waals surface area contributed by atoms with Gasteiger partial charge in [0, 0.05) is 42.7 Å². The second-order valence-electron chi connectivity index (χ2n) is 10.1. The van der Waals surface area contributed by atoms with E-state index in [1.54, 1.807) is 13.8 Å². The molecule has 0 atom stereocenters. The highest BCUT2D eigenvalue weighted by atomic mass is 19.1. The summed E-state index contributed by atoms with van der Waals surface area (Å²) in [5.74, 6) is 0.845. The molecule has 2 aromatic rings. The van der Waals surface area contributed by atoms with Crippen LogP contribution < -0.4 is 0 Å². The lowest BCUT2D eigenvalue weighted by Gasteiger charge is -2.34. The lowest BCUT2D eigenvalue weighted by molar-refractivity contribution is 0.0792. The monoisotopic (exact) mass is 437 g/mol. The second-order valence-corrected chi connectivity index (χ2v) is 10.1. The molecule has 0 spiro atoms. The molecule has 32 heavy (non-hydrogen) atoms. The molecule has 4 nitrogen and oxygen atoms in total. The number of halogens is 1. The summed E-state index contributed by atoms with van der Waals surface area (Å²) in [5.41, 5.74) is 2.95. The zero-order valence-corrected chi connectivity index (χ0v) is 19.5. The Bertz CT molecular complexity index is 875. The van der Waals surface area contributed by atoms with Crippen molar-refractivity contribution in [3.8, 4) is 11.1 Å². The fourth-order valence-electron chi connectivity index (χ4n) is 4.97. The Morgan fingerprint density at radius 3 is 2.25 bits per heavy atom. The number of benzene rings is 1. The van der Waals surface area contributed by atoms with Gasteiger partial charge in [0.2, 0.25) is 0 Å². The number of aromatic nitrogens is 1. The van der Waals surface area contributed by atoms with Crippen LogP contribution in [0.2, 0.25) is 0 Å². The van der Waals surface area contributed by atoms with Crippen LogP contribution in [-0.4, -0.2) is 59.1 Å². The van der Waals surface area contributed by atoms with Crippen molar-refractivity contribution in [3.63, 3.8) is 0 Å². The van der Waals surface area contributed by atoms with Gasteiger partial charge in [0.05, 0.1) is 0 Å². The molecule has 0 N–H and O–H groups in total. The highest BCUT2D eigenvalue weighted by Gasteiger charge is 2.25. The van der Waals surface area contributed by atoms with Gasteiger partial charge in [-0.25, -0.2) is 4.39 Å². The Morgan fingerprint density at radius 1 is 1.00 bits per heavy atom.